The van der Waals surface area contributed by atoms with E-state index in [1.54, 1.807) is 6.08 Å². The fourth-order valence-electron chi connectivity index (χ4n) is 3.40. The minimum atomic E-state index is 0.0284. The number of hydrogen-bond donors (Lipinski definition) is 0. The topological polar surface area (TPSA) is 35.5 Å². The molecule has 1 aromatic rings. The zero-order chi connectivity index (χ0) is 13.9. The van der Waals surface area contributed by atoms with Crippen molar-refractivity contribution in [2.45, 2.75) is 31.7 Å². The lowest BCUT2D eigenvalue weighted by Crippen LogP contribution is -2.26. The summed E-state index contributed by atoms with van der Waals surface area (Å²) in [7, 11) is 0. The summed E-state index contributed by atoms with van der Waals surface area (Å²) >= 11 is 0. The number of Topliss-reactive ketones (excluding diaryl/α,β-unsaturated/α-hetero) is 1. The average molecular weight is 272 g/mol. The zero-order valence-electron chi connectivity index (χ0n) is 11.5. The largest absolute Gasteiger partial charge is 0.373 e. The highest BCUT2D eigenvalue weighted by molar-refractivity contribution is 5.85. The van der Waals surface area contributed by atoms with Gasteiger partial charge in [0.25, 0.3) is 0 Å². The van der Waals surface area contributed by atoms with Crippen LogP contribution in [0.3, 0.4) is 0 Å². The maximum Gasteiger partial charge on any atom is 0.139 e. The molecule has 2 aliphatic carbocycles. The van der Waals surface area contributed by atoms with Crippen molar-refractivity contribution in [2.24, 2.45) is 11.8 Å². The fraction of sp³-hybridized carbons (Fsp3) is 0.471. The van der Waals surface area contributed by atoms with E-state index in [-0.39, 0.29) is 24.0 Å². The first-order chi connectivity index (χ1) is 9.79. The number of benzene rings is 1. The lowest BCUT2D eigenvalue weighted by atomic mass is 9.96. The van der Waals surface area contributed by atoms with E-state index in [1.165, 1.54) is 5.56 Å². The van der Waals surface area contributed by atoms with Gasteiger partial charge in [0.05, 0.1) is 25.4 Å². The first-order valence-electron chi connectivity index (χ1n) is 7.20. The normalized spacial score (nSPS) is 31.7. The Morgan fingerprint density at radius 3 is 2.80 bits per heavy atom. The van der Waals surface area contributed by atoms with E-state index < -0.39 is 0 Å². The van der Waals surface area contributed by atoms with Crippen molar-refractivity contribution in [3.8, 4) is 0 Å². The highest BCUT2D eigenvalue weighted by Crippen LogP contribution is 2.46. The molecule has 3 nitrogen and oxygen atoms in total. The quantitative estimate of drug-likeness (QED) is 0.747. The average Bonchev–Trinajstić information content (AvgIpc) is 2.97. The van der Waals surface area contributed by atoms with Crippen LogP contribution in [-0.4, -0.2) is 24.6 Å². The number of hydrogen-bond acceptors (Lipinski definition) is 3. The summed E-state index contributed by atoms with van der Waals surface area (Å²) in [5.74, 6) is 0.584. The summed E-state index contributed by atoms with van der Waals surface area (Å²) < 4.78 is 11.8. The number of ether oxygens (including phenoxy) is 2. The van der Waals surface area contributed by atoms with Crippen molar-refractivity contribution < 1.29 is 14.3 Å². The molecule has 0 saturated heterocycles. The van der Waals surface area contributed by atoms with Gasteiger partial charge in [-0.15, -0.1) is 6.58 Å². The van der Waals surface area contributed by atoms with E-state index in [4.69, 9.17) is 9.47 Å². The molecule has 0 aliphatic heterocycles. The van der Waals surface area contributed by atoms with Crippen LogP contribution >= 0.6 is 0 Å². The van der Waals surface area contributed by atoms with Crippen LogP contribution in [0, 0.1) is 11.8 Å². The fourth-order valence-corrected chi connectivity index (χ4v) is 3.40. The molecule has 3 unspecified atom stereocenters. The van der Waals surface area contributed by atoms with Gasteiger partial charge in [0.2, 0.25) is 0 Å². The lowest BCUT2D eigenvalue weighted by molar-refractivity contribution is -0.124. The highest BCUT2D eigenvalue weighted by Gasteiger charge is 2.54. The van der Waals surface area contributed by atoms with Crippen molar-refractivity contribution in [1.82, 2.24) is 0 Å². The Bertz CT molecular complexity index is 482. The van der Waals surface area contributed by atoms with Crippen molar-refractivity contribution in [3.05, 3.63) is 48.6 Å². The van der Waals surface area contributed by atoms with Gasteiger partial charge >= 0.3 is 0 Å². The van der Waals surface area contributed by atoms with Crippen molar-refractivity contribution in [3.63, 3.8) is 0 Å². The summed E-state index contributed by atoms with van der Waals surface area (Å²) in [5.41, 5.74) is 1.17. The Morgan fingerprint density at radius 1 is 1.25 bits per heavy atom. The molecule has 0 spiro atoms. The molecular weight excluding hydrogens is 252 g/mol. The SMILES string of the molecule is C=CCOC1C2CC(=O)[C@@H]1CC2OCc1ccccc1. The zero-order valence-corrected chi connectivity index (χ0v) is 11.5. The highest BCUT2D eigenvalue weighted by atomic mass is 16.5. The molecule has 2 saturated carbocycles. The molecular formula is C17H20O3. The molecule has 0 aromatic heterocycles. The van der Waals surface area contributed by atoms with Gasteiger partial charge in [-0.3, -0.25) is 4.79 Å². The third kappa shape index (κ3) is 2.56. The number of ketones is 1. The Hall–Kier alpha value is -1.45. The van der Waals surface area contributed by atoms with Crippen molar-refractivity contribution in [1.29, 1.82) is 0 Å². The van der Waals surface area contributed by atoms with Crippen LogP contribution in [0.15, 0.2) is 43.0 Å². The van der Waals surface area contributed by atoms with Gasteiger partial charge < -0.3 is 9.47 Å². The Labute approximate surface area is 119 Å². The van der Waals surface area contributed by atoms with Gasteiger partial charge in [0, 0.05) is 18.3 Å². The van der Waals surface area contributed by atoms with E-state index in [0.717, 1.165) is 6.42 Å². The third-order valence-corrected chi connectivity index (χ3v) is 4.35. The van der Waals surface area contributed by atoms with Crippen LogP contribution in [0.2, 0.25) is 0 Å². The second kappa shape index (κ2) is 5.90. The van der Waals surface area contributed by atoms with E-state index in [0.29, 0.717) is 25.4 Å². The molecule has 2 bridgehead atoms. The molecule has 0 amide bonds. The van der Waals surface area contributed by atoms with Gasteiger partial charge in [0.15, 0.2) is 0 Å². The monoisotopic (exact) mass is 272 g/mol. The second-order valence-electron chi connectivity index (χ2n) is 5.60. The minimum absolute atomic E-state index is 0.0284. The first kappa shape index (κ1) is 13.5. The first-order valence-corrected chi connectivity index (χ1v) is 7.20. The predicted molar refractivity (Wildman–Crippen MR) is 76.2 cm³/mol. The molecule has 2 fully saturated rings. The van der Waals surface area contributed by atoms with Gasteiger partial charge in [-0.1, -0.05) is 36.4 Å². The molecule has 0 heterocycles. The smallest absolute Gasteiger partial charge is 0.139 e. The summed E-state index contributed by atoms with van der Waals surface area (Å²) in [6.07, 6.45) is 3.32. The molecule has 106 valence electrons. The number of fused-ring (bicyclic) bond motifs is 2. The van der Waals surface area contributed by atoms with Crippen molar-refractivity contribution in [2.75, 3.05) is 6.61 Å². The van der Waals surface area contributed by atoms with E-state index in [2.05, 4.69) is 18.7 Å². The molecule has 20 heavy (non-hydrogen) atoms. The molecule has 0 N–H and O–H groups in total. The van der Waals surface area contributed by atoms with Crippen LogP contribution in [0.1, 0.15) is 18.4 Å². The second-order valence-corrected chi connectivity index (χ2v) is 5.60. The molecule has 4 atom stereocenters. The number of rotatable bonds is 6. The van der Waals surface area contributed by atoms with Gasteiger partial charge in [-0.2, -0.15) is 0 Å². The van der Waals surface area contributed by atoms with Crippen LogP contribution in [-0.2, 0) is 20.9 Å². The maximum absolute atomic E-state index is 11.9. The van der Waals surface area contributed by atoms with E-state index in [9.17, 15) is 4.79 Å². The Kier molecular flexibility index (Phi) is 3.99. The van der Waals surface area contributed by atoms with Crippen LogP contribution in [0.25, 0.3) is 0 Å². The van der Waals surface area contributed by atoms with Gasteiger partial charge in [-0.25, -0.2) is 0 Å². The third-order valence-electron chi connectivity index (χ3n) is 4.35. The Morgan fingerprint density at radius 2 is 2.05 bits per heavy atom. The van der Waals surface area contributed by atoms with Crippen LogP contribution in [0.5, 0.6) is 0 Å². The summed E-state index contributed by atoms with van der Waals surface area (Å²) in [4.78, 5) is 11.9. The summed E-state index contributed by atoms with van der Waals surface area (Å²) in [6.45, 7) is 4.78. The molecule has 3 rings (SSSR count). The molecule has 2 aliphatic rings. The molecule has 3 heteroatoms. The minimum Gasteiger partial charge on any atom is -0.373 e. The van der Waals surface area contributed by atoms with Gasteiger partial charge in [0.1, 0.15) is 5.78 Å². The number of carbonyl (C=O) groups is 1. The van der Waals surface area contributed by atoms with E-state index in [1.807, 2.05) is 18.2 Å². The predicted octanol–water partition coefficient (Wildman–Crippen LogP) is 2.75. The Balaban J connectivity index is 1.59. The summed E-state index contributed by atoms with van der Waals surface area (Å²) in [5, 5.41) is 0. The van der Waals surface area contributed by atoms with Gasteiger partial charge in [-0.05, 0) is 12.0 Å². The molecule has 0 radical (unpaired) electrons. The van der Waals surface area contributed by atoms with Crippen LogP contribution in [0.4, 0.5) is 0 Å². The maximum atomic E-state index is 11.9. The lowest BCUT2D eigenvalue weighted by Gasteiger charge is -2.22. The number of carbonyl (C=O) groups excluding carboxylic acids is 1. The van der Waals surface area contributed by atoms with Crippen LogP contribution < -0.4 is 0 Å². The standard InChI is InChI=1S/C17H20O3/c1-2-8-19-17-13-10-16(14(17)9-15(13)18)20-11-12-6-4-3-5-7-12/h2-7,13-14,16-17H,1,8-11H2/t13-,14?,16?,17?/m0/s1. The summed E-state index contributed by atoms with van der Waals surface area (Å²) in [6, 6.07) is 10.1. The van der Waals surface area contributed by atoms with E-state index >= 15 is 0 Å². The van der Waals surface area contributed by atoms with Crippen molar-refractivity contribution >= 4 is 5.78 Å². The molecule has 1 aromatic carbocycles.